The van der Waals surface area contributed by atoms with E-state index in [4.69, 9.17) is 5.10 Å². The topological polar surface area (TPSA) is 56.0 Å². The summed E-state index contributed by atoms with van der Waals surface area (Å²) < 4.78 is 3.97. The van der Waals surface area contributed by atoms with Gasteiger partial charge in [-0.05, 0) is 37.8 Å². The minimum absolute atomic E-state index is 0.0330. The Kier molecular flexibility index (Phi) is 4.03. The summed E-state index contributed by atoms with van der Waals surface area (Å²) in [6.45, 7) is 0. The van der Waals surface area contributed by atoms with Gasteiger partial charge in [-0.1, -0.05) is 30.3 Å². The van der Waals surface area contributed by atoms with Gasteiger partial charge in [0.1, 0.15) is 5.65 Å². The van der Waals surface area contributed by atoms with Crippen LogP contribution >= 0.6 is 0 Å². The van der Waals surface area contributed by atoms with Crippen LogP contribution in [0.5, 0.6) is 0 Å². The van der Waals surface area contributed by atoms with E-state index >= 15 is 0 Å². The third-order valence-corrected chi connectivity index (χ3v) is 6.96. The van der Waals surface area contributed by atoms with E-state index in [1.54, 1.807) is 6.20 Å². The third kappa shape index (κ3) is 2.67. The second kappa shape index (κ2) is 6.80. The Balaban J connectivity index is 1.46. The summed E-state index contributed by atoms with van der Waals surface area (Å²) in [6.07, 6.45) is 7.70. The average molecular weight is 412 g/mol. The SMILES string of the molecule is Cn1nc2c(c1-c1ccccc1)C[C@H]1CCC[C@@H]2N1C(=O)c1ccnc2c1ccn2C. The zero-order valence-electron chi connectivity index (χ0n) is 17.8. The fourth-order valence-electron chi connectivity index (χ4n) is 5.60. The van der Waals surface area contributed by atoms with Gasteiger partial charge in [0.25, 0.3) is 5.91 Å². The smallest absolute Gasteiger partial charge is 0.255 e. The van der Waals surface area contributed by atoms with E-state index in [0.717, 1.165) is 48.0 Å². The van der Waals surface area contributed by atoms with Crippen LogP contribution in [0, 0.1) is 0 Å². The van der Waals surface area contributed by atoms with Crippen LogP contribution in [0.25, 0.3) is 22.3 Å². The molecule has 2 bridgehead atoms. The zero-order valence-corrected chi connectivity index (χ0v) is 17.8. The van der Waals surface area contributed by atoms with Crippen LogP contribution < -0.4 is 0 Å². The number of aryl methyl sites for hydroxylation is 2. The third-order valence-electron chi connectivity index (χ3n) is 6.96. The summed E-state index contributed by atoms with van der Waals surface area (Å²) in [5.41, 5.74) is 6.35. The normalized spacial score (nSPS) is 20.1. The van der Waals surface area contributed by atoms with Crippen molar-refractivity contribution in [3.63, 3.8) is 0 Å². The lowest BCUT2D eigenvalue weighted by Crippen LogP contribution is -2.49. The molecule has 5 heterocycles. The second-order valence-electron chi connectivity index (χ2n) is 8.74. The van der Waals surface area contributed by atoms with E-state index in [9.17, 15) is 4.79 Å². The Labute approximate surface area is 181 Å². The summed E-state index contributed by atoms with van der Waals surface area (Å²) >= 11 is 0. The van der Waals surface area contributed by atoms with Gasteiger partial charge in [-0.25, -0.2) is 4.98 Å². The van der Waals surface area contributed by atoms with Gasteiger partial charge in [-0.15, -0.1) is 0 Å². The Hall–Kier alpha value is -3.41. The van der Waals surface area contributed by atoms with Gasteiger partial charge < -0.3 is 9.47 Å². The van der Waals surface area contributed by atoms with Crippen molar-refractivity contribution in [2.75, 3.05) is 0 Å². The van der Waals surface area contributed by atoms with E-state index < -0.39 is 0 Å². The van der Waals surface area contributed by atoms with Crippen LogP contribution in [-0.4, -0.2) is 36.2 Å². The number of piperidine rings is 1. The molecule has 4 aromatic rings. The number of nitrogens with zero attached hydrogens (tertiary/aromatic N) is 5. The minimum Gasteiger partial charge on any atom is -0.336 e. The number of benzene rings is 1. The molecule has 6 heteroatoms. The number of aromatic nitrogens is 4. The molecule has 1 amide bonds. The zero-order chi connectivity index (χ0) is 21.1. The highest BCUT2D eigenvalue weighted by Gasteiger charge is 2.43. The van der Waals surface area contributed by atoms with Crippen molar-refractivity contribution in [3.8, 4) is 11.3 Å². The van der Waals surface area contributed by atoms with Crippen molar-refractivity contribution in [2.24, 2.45) is 14.1 Å². The lowest BCUT2D eigenvalue weighted by atomic mass is 9.81. The van der Waals surface area contributed by atoms with Crippen LogP contribution in [0.4, 0.5) is 0 Å². The highest BCUT2D eigenvalue weighted by Crippen LogP contribution is 2.45. The first-order valence-corrected chi connectivity index (χ1v) is 11.0. The quantitative estimate of drug-likeness (QED) is 0.495. The van der Waals surface area contributed by atoms with Gasteiger partial charge in [-0.2, -0.15) is 5.10 Å². The van der Waals surface area contributed by atoms with Gasteiger partial charge in [-0.3, -0.25) is 9.48 Å². The first-order chi connectivity index (χ1) is 15.1. The van der Waals surface area contributed by atoms with Crippen LogP contribution in [-0.2, 0) is 20.5 Å². The number of amides is 1. The largest absolute Gasteiger partial charge is 0.336 e. The molecule has 1 aromatic carbocycles. The monoisotopic (exact) mass is 411 g/mol. The Bertz CT molecular complexity index is 1300. The van der Waals surface area contributed by atoms with Crippen molar-refractivity contribution in [1.29, 1.82) is 0 Å². The molecule has 0 spiro atoms. The maximum atomic E-state index is 13.9. The first-order valence-electron chi connectivity index (χ1n) is 11.0. The fraction of sp³-hybridized carbons (Fsp3) is 0.320. The van der Waals surface area contributed by atoms with Crippen molar-refractivity contribution in [3.05, 3.63) is 71.7 Å². The average Bonchev–Trinajstić information content (AvgIpc) is 3.33. The van der Waals surface area contributed by atoms with E-state index in [1.807, 2.05) is 47.7 Å². The molecule has 6 rings (SSSR count). The molecule has 1 saturated heterocycles. The fourth-order valence-corrected chi connectivity index (χ4v) is 5.60. The summed E-state index contributed by atoms with van der Waals surface area (Å²) in [5.74, 6) is 0.103. The van der Waals surface area contributed by atoms with Gasteiger partial charge in [0, 0.05) is 49.0 Å². The lowest BCUT2D eigenvalue weighted by molar-refractivity contribution is 0.0394. The molecule has 6 nitrogen and oxygen atoms in total. The highest BCUT2D eigenvalue weighted by molar-refractivity contribution is 6.06. The number of carbonyl (C=O) groups excluding carboxylic acids is 1. The molecule has 2 atom stereocenters. The van der Waals surface area contributed by atoms with E-state index in [2.05, 4.69) is 34.1 Å². The number of carbonyl (C=O) groups is 1. The van der Waals surface area contributed by atoms with E-state index in [-0.39, 0.29) is 18.0 Å². The number of hydrogen-bond acceptors (Lipinski definition) is 3. The predicted octanol–water partition coefficient (Wildman–Crippen LogP) is 4.27. The molecule has 3 aromatic heterocycles. The molecule has 0 N–H and O–H groups in total. The molecule has 0 aliphatic carbocycles. The molecular weight excluding hydrogens is 386 g/mol. The van der Waals surface area contributed by atoms with Gasteiger partial charge in [0.15, 0.2) is 0 Å². The van der Waals surface area contributed by atoms with Gasteiger partial charge >= 0.3 is 0 Å². The molecule has 0 radical (unpaired) electrons. The molecule has 2 aliphatic rings. The van der Waals surface area contributed by atoms with Gasteiger partial charge in [0.2, 0.25) is 0 Å². The minimum atomic E-state index is 0.0330. The predicted molar refractivity (Wildman–Crippen MR) is 120 cm³/mol. The van der Waals surface area contributed by atoms with E-state index in [0.29, 0.717) is 0 Å². The van der Waals surface area contributed by atoms with Crippen LogP contribution in [0.15, 0.2) is 54.9 Å². The van der Waals surface area contributed by atoms with Crippen LogP contribution in [0.2, 0.25) is 0 Å². The molecule has 2 aliphatic heterocycles. The standard InChI is InChI=1S/C25H25N5O/c1-28-14-12-18-19(11-13-26-24(18)28)25(31)30-17-9-6-10-21(30)22-20(15-17)23(29(2)27-22)16-7-4-3-5-8-16/h3-5,7-8,11-14,17,21H,6,9-10,15H2,1-2H3/t17-,21+/m1/s1. The van der Waals surface area contributed by atoms with Crippen LogP contribution in [0.1, 0.15) is 46.9 Å². The van der Waals surface area contributed by atoms with Crippen molar-refractivity contribution < 1.29 is 4.79 Å². The number of hydrogen-bond donors (Lipinski definition) is 0. The van der Waals surface area contributed by atoms with Gasteiger partial charge in [0.05, 0.1) is 23.0 Å². The summed E-state index contributed by atoms with van der Waals surface area (Å²) in [5, 5.41) is 5.87. The molecule has 156 valence electrons. The molecule has 0 unspecified atom stereocenters. The Morgan fingerprint density at radius 3 is 2.74 bits per heavy atom. The van der Waals surface area contributed by atoms with Crippen molar-refractivity contribution in [2.45, 2.75) is 37.8 Å². The first kappa shape index (κ1) is 18.4. The Morgan fingerprint density at radius 1 is 1.06 bits per heavy atom. The van der Waals surface area contributed by atoms with Crippen LogP contribution in [0.3, 0.4) is 0 Å². The van der Waals surface area contributed by atoms with Crippen molar-refractivity contribution >= 4 is 16.9 Å². The lowest BCUT2D eigenvalue weighted by Gasteiger charge is -2.45. The molecule has 31 heavy (non-hydrogen) atoms. The number of pyridine rings is 1. The molecule has 0 saturated carbocycles. The summed E-state index contributed by atoms with van der Waals surface area (Å²) in [4.78, 5) is 20.4. The molecule has 1 fully saturated rings. The second-order valence-corrected chi connectivity index (χ2v) is 8.74. The maximum absolute atomic E-state index is 13.9. The molecular formula is C25H25N5O. The number of fused-ring (bicyclic) bond motifs is 5. The Morgan fingerprint density at radius 2 is 1.90 bits per heavy atom. The van der Waals surface area contributed by atoms with Crippen molar-refractivity contribution in [1.82, 2.24) is 24.2 Å². The highest BCUT2D eigenvalue weighted by atomic mass is 16.2. The maximum Gasteiger partial charge on any atom is 0.255 e. The summed E-state index contributed by atoms with van der Waals surface area (Å²) in [7, 11) is 3.98. The summed E-state index contributed by atoms with van der Waals surface area (Å²) in [6, 6.07) is 14.6. The number of rotatable bonds is 2. The van der Waals surface area contributed by atoms with E-state index in [1.165, 1.54) is 16.8 Å².